The van der Waals surface area contributed by atoms with Crippen LogP contribution < -0.4 is 10.2 Å². The van der Waals surface area contributed by atoms with Gasteiger partial charge in [-0.1, -0.05) is 30.3 Å². The lowest BCUT2D eigenvalue weighted by atomic mass is 9.95. The average molecular weight is 388 g/mol. The molecule has 1 aliphatic carbocycles. The first-order valence-corrected chi connectivity index (χ1v) is 10.00. The molecule has 3 aromatic rings. The first-order chi connectivity index (χ1) is 14.2. The van der Waals surface area contributed by atoms with Crippen LogP contribution in [0.25, 0.3) is 0 Å². The lowest BCUT2D eigenvalue weighted by Crippen LogP contribution is -2.30. The minimum atomic E-state index is -0.451. The van der Waals surface area contributed by atoms with Crippen molar-refractivity contribution in [3.05, 3.63) is 84.4 Å². The van der Waals surface area contributed by atoms with Crippen LogP contribution in [0.15, 0.2) is 73.2 Å². The molecule has 1 aromatic carbocycles. The van der Waals surface area contributed by atoms with Gasteiger partial charge in [0.25, 0.3) is 5.91 Å². The summed E-state index contributed by atoms with van der Waals surface area (Å²) in [4.78, 5) is 21.7. The van der Waals surface area contributed by atoms with E-state index in [0.29, 0.717) is 18.8 Å². The number of aliphatic hydroxyl groups excluding tert-OH is 1. The van der Waals surface area contributed by atoms with Crippen LogP contribution in [0.3, 0.4) is 0 Å². The summed E-state index contributed by atoms with van der Waals surface area (Å²) in [6.45, 7) is 1.90. The number of hydrogen-bond acceptors (Lipinski definition) is 4. The molecule has 1 aliphatic heterocycles. The minimum absolute atomic E-state index is 0.109. The highest BCUT2D eigenvalue weighted by molar-refractivity contribution is 5.92. The Kier molecular flexibility index (Phi) is 4.36. The highest BCUT2D eigenvalue weighted by atomic mass is 16.3. The summed E-state index contributed by atoms with van der Waals surface area (Å²) in [5.41, 5.74) is 2.60. The normalized spacial score (nSPS) is 27.9. The third kappa shape index (κ3) is 3.00. The maximum atomic E-state index is 12.4. The van der Waals surface area contributed by atoms with E-state index in [1.807, 2.05) is 36.4 Å². The second kappa shape index (κ2) is 7.04. The number of pyridine rings is 1. The van der Waals surface area contributed by atoms with E-state index in [-0.39, 0.29) is 23.2 Å². The molecule has 29 heavy (non-hydrogen) atoms. The smallest absolute Gasteiger partial charge is 0.267 e. The summed E-state index contributed by atoms with van der Waals surface area (Å²) < 4.78 is 0. The molecule has 2 fully saturated rings. The SMILES string of the molecule is O=C(NC[C@@H]1[C@@H](c2ccccc2)[C@]12CN(c1ccncc1)C[C@H]2O)c1ccc[nH]1. The Balaban J connectivity index is 1.39. The number of anilines is 1. The summed E-state index contributed by atoms with van der Waals surface area (Å²) in [7, 11) is 0. The van der Waals surface area contributed by atoms with E-state index in [1.54, 1.807) is 24.7 Å². The standard InChI is InChI=1S/C23H24N4O2/c28-20-14-27(17-8-11-24-12-9-17)15-23(20)18(21(23)16-5-2-1-3-6-16)13-26-22(29)19-7-4-10-25-19/h1-12,18,20-21,25,28H,13-15H2,(H,26,29)/t18-,20-,21-,23-/m1/s1. The molecule has 0 unspecified atom stereocenters. The summed E-state index contributed by atoms with van der Waals surface area (Å²) in [6, 6.07) is 17.9. The van der Waals surface area contributed by atoms with Gasteiger partial charge in [0, 0.05) is 49.3 Å². The lowest BCUT2D eigenvalue weighted by molar-refractivity contribution is 0.0935. The fourth-order valence-corrected chi connectivity index (χ4v) is 5.12. The van der Waals surface area contributed by atoms with Crippen molar-refractivity contribution in [3.63, 3.8) is 0 Å². The molecule has 3 N–H and O–H groups in total. The van der Waals surface area contributed by atoms with Crippen molar-refractivity contribution in [2.45, 2.75) is 12.0 Å². The summed E-state index contributed by atoms with van der Waals surface area (Å²) >= 11 is 0. The quantitative estimate of drug-likeness (QED) is 0.627. The molecule has 3 heterocycles. The van der Waals surface area contributed by atoms with Gasteiger partial charge in [-0.15, -0.1) is 0 Å². The summed E-state index contributed by atoms with van der Waals surface area (Å²) in [5, 5.41) is 14.2. The Morgan fingerprint density at radius 2 is 1.97 bits per heavy atom. The third-order valence-electron chi connectivity index (χ3n) is 6.55. The van der Waals surface area contributed by atoms with E-state index in [4.69, 9.17) is 0 Å². The topological polar surface area (TPSA) is 81.2 Å². The van der Waals surface area contributed by atoms with Crippen LogP contribution in [0.4, 0.5) is 5.69 Å². The Labute approximate surface area is 169 Å². The van der Waals surface area contributed by atoms with Crippen LogP contribution in [0.5, 0.6) is 0 Å². The van der Waals surface area contributed by atoms with E-state index in [2.05, 4.69) is 32.3 Å². The first kappa shape index (κ1) is 17.9. The van der Waals surface area contributed by atoms with Crippen molar-refractivity contribution in [2.24, 2.45) is 11.3 Å². The molecule has 5 rings (SSSR count). The van der Waals surface area contributed by atoms with Crippen molar-refractivity contribution in [1.29, 1.82) is 0 Å². The lowest BCUT2D eigenvalue weighted by Gasteiger charge is -2.18. The zero-order chi connectivity index (χ0) is 19.8. The molecule has 6 heteroatoms. The van der Waals surface area contributed by atoms with Gasteiger partial charge in [0.05, 0.1) is 6.10 Å². The molecule has 148 valence electrons. The number of aliphatic hydroxyl groups is 1. The molecule has 6 nitrogen and oxygen atoms in total. The highest BCUT2D eigenvalue weighted by Crippen LogP contribution is 2.68. The van der Waals surface area contributed by atoms with Gasteiger partial charge in [-0.05, 0) is 41.7 Å². The number of hydrogen-bond donors (Lipinski definition) is 3. The number of carbonyl (C=O) groups is 1. The number of β-amino-alcohol motifs (C(OH)–C–C–N with tert-alkyl or cyclic N) is 1. The van der Waals surface area contributed by atoms with Crippen molar-refractivity contribution >= 4 is 11.6 Å². The maximum Gasteiger partial charge on any atom is 0.267 e. The average Bonchev–Trinajstić information content (AvgIpc) is 3.07. The molecule has 1 amide bonds. The summed E-state index contributed by atoms with van der Waals surface area (Å²) in [6.07, 6.45) is 4.85. The fraction of sp³-hybridized carbons (Fsp3) is 0.304. The van der Waals surface area contributed by atoms with E-state index >= 15 is 0 Å². The Morgan fingerprint density at radius 1 is 1.17 bits per heavy atom. The number of benzene rings is 1. The predicted molar refractivity (Wildman–Crippen MR) is 111 cm³/mol. The monoisotopic (exact) mass is 388 g/mol. The number of amides is 1. The van der Waals surface area contributed by atoms with Crippen molar-refractivity contribution in [2.75, 3.05) is 24.5 Å². The number of H-pyrrole nitrogens is 1. The fourth-order valence-electron chi connectivity index (χ4n) is 5.12. The molecule has 0 bridgehead atoms. The van der Waals surface area contributed by atoms with Crippen LogP contribution in [0, 0.1) is 11.3 Å². The molecule has 4 atom stereocenters. The van der Waals surface area contributed by atoms with Gasteiger partial charge >= 0.3 is 0 Å². The van der Waals surface area contributed by atoms with Gasteiger partial charge < -0.3 is 20.3 Å². The second-order valence-corrected chi connectivity index (χ2v) is 8.00. The number of aromatic amines is 1. The van der Waals surface area contributed by atoms with Crippen LogP contribution >= 0.6 is 0 Å². The number of aromatic nitrogens is 2. The zero-order valence-corrected chi connectivity index (χ0v) is 16.0. The van der Waals surface area contributed by atoms with Gasteiger partial charge in [0.2, 0.25) is 0 Å². The van der Waals surface area contributed by atoms with Crippen LogP contribution in [-0.2, 0) is 0 Å². The van der Waals surface area contributed by atoms with Gasteiger partial charge in [-0.25, -0.2) is 0 Å². The van der Waals surface area contributed by atoms with E-state index in [1.165, 1.54) is 5.56 Å². The molecule has 2 aromatic heterocycles. The number of rotatable bonds is 5. The largest absolute Gasteiger partial charge is 0.391 e. The van der Waals surface area contributed by atoms with E-state index < -0.39 is 6.10 Å². The second-order valence-electron chi connectivity index (χ2n) is 8.00. The summed E-state index contributed by atoms with van der Waals surface area (Å²) in [5.74, 6) is 0.294. The molecular weight excluding hydrogens is 364 g/mol. The van der Waals surface area contributed by atoms with Gasteiger partial charge in [-0.3, -0.25) is 9.78 Å². The van der Waals surface area contributed by atoms with Crippen molar-refractivity contribution in [3.8, 4) is 0 Å². The Bertz CT molecular complexity index is 977. The molecule has 2 aliphatic rings. The van der Waals surface area contributed by atoms with Crippen molar-refractivity contribution in [1.82, 2.24) is 15.3 Å². The predicted octanol–water partition coefficient (Wildman–Crippen LogP) is 2.42. The molecule has 1 saturated carbocycles. The maximum absolute atomic E-state index is 12.4. The zero-order valence-electron chi connectivity index (χ0n) is 16.0. The van der Waals surface area contributed by atoms with Gasteiger partial charge in [-0.2, -0.15) is 0 Å². The van der Waals surface area contributed by atoms with Crippen LogP contribution in [0.1, 0.15) is 22.0 Å². The minimum Gasteiger partial charge on any atom is -0.391 e. The highest BCUT2D eigenvalue weighted by Gasteiger charge is 2.71. The van der Waals surface area contributed by atoms with Gasteiger partial charge in [0.15, 0.2) is 0 Å². The molecule has 0 radical (unpaired) electrons. The van der Waals surface area contributed by atoms with Gasteiger partial charge in [0.1, 0.15) is 5.69 Å². The number of carbonyl (C=O) groups excluding carboxylic acids is 1. The number of nitrogens with one attached hydrogen (secondary N) is 2. The third-order valence-corrected chi connectivity index (χ3v) is 6.55. The number of nitrogens with zero attached hydrogens (tertiary/aromatic N) is 2. The van der Waals surface area contributed by atoms with Crippen molar-refractivity contribution < 1.29 is 9.90 Å². The first-order valence-electron chi connectivity index (χ1n) is 10.00. The Morgan fingerprint density at radius 3 is 2.69 bits per heavy atom. The van der Waals surface area contributed by atoms with Crippen LogP contribution in [-0.4, -0.2) is 46.7 Å². The molecular formula is C23H24N4O2. The molecule has 1 saturated heterocycles. The molecule has 1 spiro atoms. The van der Waals surface area contributed by atoms with Crippen LogP contribution in [0.2, 0.25) is 0 Å². The van der Waals surface area contributed by atoms with E-state index in [9.17, 15) is 9.90 Å². The Hall–Kier alpha value is -3.12. The van der Waals surface area contributed by atoms with E-state index in [0.717, 1.165) is 12.2 Å².